The number of aromatic nitrogens is 1. The van der Waals surface area contributed by atoms with Gasteiger partial charge in [0.1, 0.15) is 5.82 Å². The monoisotopic (exact) mass is 344 g/mol. The number of amides is 1. The van der Waals surface area contributed by atoms with Crippen LogP contribution in [0.4, 0.5) is 4.39 Å². The van der Waals surface area contributed by atoms with Gasteiger partial charge in [-0.05, 0) is 37.0 Å². The van der Waals surface area contributed by atoms with Crippen molar-refractivity contribution >= 4 is 5.91 Å². The van der Waals surface area contributed by atoms with Gasteiger partial charge >= 0.3 is 0 Å². The number of pyridine rings is 1. The number of halogens is 1. The summed E-state index contributed by atoms with van der Waals surface area (Å²) in [6.07, 6.45) is 4.29. The summed E-state index contributed by atoms with van der Waals surface area (Å²) in [5.41, 5.74) is 1.43. The predicted octanol–water partition coefficient (Wildman–Crippen LogP) is 3.22. The average Bonchev–Trinajstić information content (AvgIpc) is 3.43. The molecule has 1 aromatic carbocycles. The number of hydrogen-bond acceptors (Lipinski definition) is 4. The molecule has 1 aliphatic carbocycles. The smallest absolute Gasteiger partial charge is 0.224 e. The Labute approximate surface area is 146 Å². The molecule has 6 heteroatoms. The number of carbonyl (C=O) groups is 1. The quantitative estimate of drug-likeness (QED) is 0.874. The van der Waals surface area contributed by atoms with E-state index in [2.05, 4.69) is 10.3 Å². The SMILES string of the molecule is COc1cc(F)c([C@H](C)NC(=O)[C@@H]2C[C@H]2c2cccnc2)cc1OC. The zero-order valence-corrected chi connectivity index (χ0v) is 14.5. The first kappa shape index (κ1) is 17.2. The molecule has 5 nitrogen and oxygen atoms in total. The number of carbonyl (C=O) groups excluding carboxylic acids is 1. The second-order valence-electron chi connectivity index (χ2n) is 6.19. The average molecular weight is 344 g/mol. The van der Waals surface area contributed by atoms with Gasteiger partial charge in [-0.15, -0.1) is 0 Å². The first-order chi connectivity index (χ1) is 12.0. The van der Waals surface area contributed by atoms with Gasteiger partial charge < -0.3 is 14.8 Å². The fraction of sp³-hybridized carbons (Fsp3) is 0.368. The van der Waals surface area contributed by atoms with E-state index in [0.717, 1.165) is 12.0 Å². The number of hydrogen-bond donors (Lipinski definition) is 1. The molecule has 1 N–H and O–H groups in total. The Hall–Kier alpha value is -2.63. The van der Waals surface area contributed by atoms with Crippen molar-refractivity contribution in [2.75, 3.05) is 14.2 Å². The van der Waals surface area contributed by atoms with E-state index in [1.165, 1.54) is 20.3 Å². The second-order valence-corrected chi connectivity index (χ2v) is 6.19. The molecule has 0 spiro atoms. The van der Waals surface area contributed by atoms with Gasteiger partial charge in [0.15, 0.2) is 11.5 Å². The number of ether oxygens (including phenoxy) is 2. The molecular formula is C19H21FN2O3. The number of benzene rings is 1. The van der Waals surface area contributed by atoms with Crippen LogP contribution in [-0.4, -0.2) is 25.1 Å². The molecule has 1 saturated carbocycles. The van der Waals surface area contributed by atoms with Crippen LogP contribution in [0.1, 0.15) is 36.4 Å². The largest absolute Gasteiger partial charge is 0.493 e. The molecule has 0 radical (unpaired) electrons. The van der Waals surface area contributed by atoms with Gasteiger partial charge in [-0.3, -0.25) is 9.78 Å². The van der Waals surface area contributed by atoms with E-state index in [0.29, 0.717) is 17.1 Å². The van der Waals surface area contributed by atoms with Crippen LogP contribution in [0.15, 0.2) is 36.7 Å². The van der Waals surface area contributed by atoms with Crippen LogP contribution in [0.5, 0.6) is 11.5 Å². The van der Waals surface area contributed by atoms with E-state index in [-0.39, 0.29) is 17.7 Å². The van der Waals surface area contributed by atoms with Crippen LogP contribution in [0, 0.1) is 11.7 Å². The number of methoxy groups -OCH3 is 2. The molecule has 1 aromatic heterocycles. The molecule has 132 valence electrons. The highest BCUT2D eigenvalue weighted by molar-refractivity contribution is 5.83. The normalized spacial score (nSPS) is 19.8. The zero-order chi connectivity index (χ0) is 18.0. The van der Waals surface area contributed by atoms with Gasteiger partial charge in [-0.25, -0.2) is 4.39 Å². The standard InChI is InChI=1S/C19H21FN2O3/c1-11(13-8-17(24-2)18(25-3)9-16(13)20)22-19(23)15-7-14(15)12-5-4-6-21-10-12/h4-6,8-11,14-15H,7H2,1-3H3,(H,22,23)/t11-,14-,15+/m0/s1. The molecule has 3 atom stereocenters. The minimum atomic E-state index is -0.470. The predicted molar refractivity (Wildman–Crippen MR) is 91.1 cm³/mol. The Morgan fingerprint density at radius 3 is 2.68 bits per heavy atom. The van der Waals surface area contributed by atoms with Gasteiger partial charge in [0.05, 0.1) is 20.3 Å². The van der Waals surface area contributed by atoms with Crippen molar-refractivity contribution in [2.45, 2.75) is 25.3 Å². The van der Waals surface area contributed by atoms with Gasteiger partial charge in [0.25, 0.3) is 0 Å². The molecular weight excluding hydrogens is 323 g/mol. The molecule has 0 unspecified atom stereocenters. The van der Waals surface area contributed by atoms with Crippen LogP contribution in [0.3, 0.4) is 0 Å². The van der Waals surface area contributed by atoms with Gasteiger partial charge in [0.2, 0.25) is 5.91 Å². The van der Waals surface area contributed by atoms with Crippen LogP contribution >= 0.6 is 0 Å². The zero-order valence-electron chi connectivity index (χ0n) is 14.5. The van der Waals surface area contributed by atoms with E-state index in [4.69, 9.17) is 9.47 Å². The van der Waals surface area contributed by atoms with E-state index in [1.807, 2.05) is 12.1 Å². The Morgan fingerprint density at radius 2 is 2.04 bits per heavy atom. The van der Waals surface area contributed by atoms with Crippen LogP contribution < -0.4 is 14.8 Å². The van der Waals surface area contributed by atoms with Crippen molar-refractivity contribution in [3.63, 3.8) is 0 Å². The molecule has 0 aliphatic heterocycles. The maximum Gasteiger partial charge on any atom is 0.224 e. The van der Waals surface area contributed by atoms with E-state index in [1.54, 1.807) is 25.4 Å². The first-order valence-electron chi connectivity index (χ1n) is 8.16. The van der Waals surface area contributed by atoms with E-state index in [9.17, 15) is 9.18 Å². The van der Waals surface area contributed by atoms with Crippen molar-refractivity contribution in [3.05, 3.63) is 53.6 Å². The van der Waals surface area contributed by atoms with Crippen molar-refractivity contribution in [1.82, 2.24) is 10.3 Å². The molecule has 0 bridgehead atoms. The lowest BCUT2D eigenvalue weighted by Gasteiger charge is -2.17. The third-order valence-corrected chi connectivity index (χ3v) is 4.57. The number of nitrogens with zero attached hydrogens (tertiary/aromatic N) is 1. The lowest BCUT2D eigenvalue weighted by molar-refractivity contribution is -0.123. The maximum absolute atomic E-state index is 14.3. The summed E-state index contributed by atoms with van der Waals surface area (Å²) < 4.78 is 24.6. The highest BCUT2D eigenvalue weighted by Gasteiger charge is 2.44. The minimum absolute atomic E-state index is 0.0736. The third-order valence-electron chi connectivity index (χ3n) is 4.57. The fourth-order valence-electron chi connectivity index (χ4n) is 3.05. The molecule has 1 amide bonds. The van der Waals surface area contributed by atoms with Crippen LogP contribution in [0.2, 0.25) is 0 Å². The maximum atomic E-state index is 14.3. The molecule has 0 saturated heterocycles. The molecule has 1 fully saturated rings. The van der Waals surface area contributed by atoms with Gasteiger partial charge in [-0.1, -0.05) is 6.07 Å². The van der Waals surface area contributed by atoms with Crippen molar-refractivity contribution < 1.29 is 18.7 Å². The summed E-state index contributed by atoms with van der Waals surface area (Å²) >= 11 is 0. The first-order valence-corrected chi connectivity index (χ1v) is 8.16. The van der Waals surface area contributed by atoms with Crippen LogP contribution in [0.25, 0.3) is 0 Å². The summed E-state index contributed by atoms with van der Waals surface area (Å²) in [6.45, 7) is 1.75. The summed E-state index contributed by atoms with van der Waals surface area (Å²) in [4.78, 5) is 16.5. The summed E-state index contributed by atoms with van der Waals surface area (Å²) in [6, 6.07) is 6.20. The van der Waals surface area contributed by atoms with Crippen molar-refractivity contribution in [2.24, 2.45) is 5.92 Å². The Bertz CT molecular complexity index is 767. The minimum Gasteiger partial charge on any atom is -0.493 e. The number of rotatable bonds is 6. The third kappa shape index (κ3) is 3.57. The Kier molecular flexibility index (Phi) is 4.88. The van der Waals surface area contributed by atoms with E-state index >= 15 is 0 Å². The fourth-order valence-corrected chi connectivity index (χ4v) is 3.05. The summed E-state index contributed by atoms with van der Waals surface area (Å²) in [5.74, 6) is 0.340. The lowest BCUT2D eigenvalue weighted by atomic mass is 10.1. The van der Waals surface area contributed by atoms with Crippen molar-refractivity contribution in [1.29, 1.82) is 0 Å². The molecule has 1 heterocycles. The Morgan fingerprint density at radius 1 is 1.32 bits per heavy atom. The molecule has 1 aliphatic rings. The second kappa shape index (κ2) is 7.09. The molecule has 3 rings (SSSR count). The van der Waals surface area contributed by atoms with Gasteiger partial charge in [0, 0.05) is 29.9 Å². The van der Waals surface area contributed by atoms with Crippen LogP contribution in [-0.2, 0) is 4.79 Å². The Balaban J connectivity index is 1.68. The van der Waals surface area contributed by atoms with Gasteiger partial charge in [-0.2, -0.15) is 0 Å². The highest BCUT2D eigenvalue weighted by Crippen LogP contribution is 2.47. The summed E-state index contributed by atoms with van der Waals surface area (Å²) in [7, 11) is 2.94. The molecule has 2 aromatic rings. The highest BCUT2D eigenvalue weighted by atomic mass is 19.1. The molecule has 25 heavy (non-hydrogen) atoms. The van der Waals surface area contributed by atoms with Crippen molar-refractivity contribution in [3.8, 4) is 11.5 Å². The van der Waals surface area contributed by atoms with E-state index < -0.39 is 11.9 Å². The topological polar surface area (TPSA) is 60.5 Å². The summed E-state index contributed by atoms with van der Waals surface area (Å²) in [5, 5.41) is 2.89. The number of nitrogens with one attached hydrogen (secondary N) is 1. The lowest BCUT2D eigenvalue weighted by Crippen LogP contribution is -2.29.